The highest BCUT2D eigenvalue weighted by Crippen LogP contribution is 2.26. The van der Waals surface area contributed by atoms with E-state index in [1.807, 2.05) is 29.5 Å². The fourth-order valence-electron chi connectivity index (χ4n) is 2.20. The number of rotatable bonds is 6. The van der Waals surface area contributed by atoms with Gasteiger partial charge in [-0.15, -0.1) is 0 Å². The normalized spacial score (nSPS) is 10.7. The van der Waals surface area contributed by atoms with Crippen LogP contribution in [0.25, 0.3) is 11.0 Å². The van der Waals surface area contributed by atoms with Crippen molar-refractivity contribution in [3.8, 4) is 5.75 Å². The molecule has 0 aromatic carbocycles. The predicted octanol–water partition coefficient (Wildman–Crippen LogP) is 1.32. The molecule has 2 heterocycles. The minimum Gasteiger partial charge on any atom is -0.506 e. The SMILES string of the molecule is CCCCOC(=O)CNC(=O)c1c(O)c2cc(I)cnc2n(C)c1=O. The van der Waals surface area contributed by atoms with E-state index in [4.69, 9.17) is 4.74 Å². The Hall–Kier alpha value is -2.17. The summed E-state index contributed by atoms with van der Waals surface area (Å²) in [6, 6.07) is 1.62. The lowest BCUT2D eigenvalue weighted by Gasteiger charge is -2.11. The Bertz CT molecular complexity index is 878. The zero-order valence-corrected chi connectivity index (χ0v) is 16.0. The number of halogens is 1. The number of amides is 1. The molecule has 134 valence electrons. The van der Waals surface area contributed by atoms with Crippen molar-refractivity contribution in [1.29, 1.82) is 0 Å². The second-order valence-corrected chi connectivity index (χ2v) is 6.61. The molecule has 0 unspecified atom stereocenters. The van der Waals surface area contributed by atoms with E-state index >= 15 is 0 Å². The van der Waals surface area contributed by atoms with E-state index in [-0.39, 0.29) is 24.2 Å². The molecular formula is C16H18IN3O5. The Balaban J connectivity index is 2.26. The fraction of sp³-hybridized carbons (Fsp3) is 0.375. The van der Waals surface area contributed by atoms with Gasteiger partial charge in [0.2, 0.25) is 0 Å². The number of aromatic hydroxyl groups is 1. The Labute approximate surface area is 157 Å². The number of esters is 1. The van der Waals surface area contributed by atoms with E-state index in [0.717, 1.165) is 16.4 Å². The van der Waals surface area contributed by atoms with Crippen molar-refractivity contribution in [2.45, 2.75) is 19.8 Å². The number of carbonyl (C=O) groups is 2. The first-order valence-electron chi connectivity index (χ1n) is 7.67. The Morgan fingerprint density at radius 3 is 2.84 bits per heavy atom. The van der Waals surface area contributed by atoms with Crippen LogP contribution in [0.15, 0.2) is 17.1 Å². The molecule has 0 bridgehead atoms. The van der Waals surface area contributed by atoms with Gasteiger partial charge in [0.1, 0.15) is 23.5 Å². The summed E-state index contributed by atoms with van der Waals surface area (Å²) in [6.07, 6.45) is 3.17. The van der Waals surface area contributed by atoms with Crippen LogP contribution in [0.3, 0.4) is 0 Å². The molecule has 0 aliphatic carbocycles. The van der Waals surface area contributed by atoms with Crippen LogP contribution >= 0.6 is 22.6 Å². The molecule has 9 heteroatoms. The number of pyridine rings is 2. The van der Waals surface area contributed by atoms with Gasteiger partial charge in [0.25, 0.3) is 11.5 Å². The van der Waals surface area contributed by atoms with Crippen molar-refractivity contribution in [3.63, 3.8) is 0 Å². The van der Waals surface area contributed by atoms with E-state index in [0.29, 0.717) is 0 Å². The van der Waals surface area contributed by atoms with Crippen molar-refractivity contribution in [1.82, 2.24) is 14.9 Å². The molecule has 25 heavy (non-hydrogen) atoms. The number of nitrogens with one attached hydrogen (secondary N) is 1. The number of ether oxygens (including phenoxy) is 1. The van der Waals surface area contributed by atoms with Crippen LogP contribution in [0.5, 0.6) is 5.75 Å². The highest BCUT2D eigenvalue weighted by Gasteiger charge is 2.22. The lowest BCUT2D eigenvalue weighted by molar-refractivity contribution is -0.142. The maximum Gasteiger partial charge on any atom is 0.325 e. The molecule has 0 radical (unpaired) electrons. The number of hydrogen-bond acceptors (Lipinski definition) is 6. The third kappa shape index (κ3) is 4.27. The minimum absolute atomic E-state index is 0.262. The van der Waals surface area contributed by atoms with Crippen LogP contribution in [0.1, 0.15) is 30.1 Å². The van der Waals surface area contributed by atoms with Crippen molar-refractivity contribution >= 4 is 45.5 Å². The van der Waals surface area contributed by atoms with Crippen LogP contribution in [0.4, 0.5) is 0 Å². The average Bonchev–Trinajstić information content (AvgIpc) is 2.58. The quantitative estimate of drug-likeness (QED) is 0.383. The number of hydrogen-bond donors (Lipinski definition) is 2. The molecule has 2 aromatic rings. The van der Waals surface area contributed by atoms with Crippen molar-refractivity contribution < 1.29 is 19.4 Å². The zero-order valence-electron chi connectivity index (χ0n) is 13.8. The van der Waals surface area contributed by atoms with E-state index in [1.165, 1.54) is 11.6 Å². The van der Waals surface area contributed by atoms with Gasteiger partial charge in [0, 0.05) is 16.8 Å². The van der Waals surface area contributed by atoms with Gasteiger partial charge in [0.15, 0.2) is 0 Å². The average molecular weight is 459 g/mol. The summed E-state index contributed by atoms with van der Waals surface area (Å²) >= 11 is 2.01. The molecule has 0 spiro atoms. The first-order chi connectivity index (χ1) is 11.9. The predicted molar refractivity (Wildman–Crippen MR) is 99.6 cm³/mol. The number of fused-ring (bicyclic) bond motifs is 1. The van der Waals surface area contributed by atoms with Crippen LogP contribution < -0.4 is 10.9 Å². The molecule has 0 aliphatic heterocycles. The highest BCUT2D eigenvalue weighted by atomic mass is 127. The molecule has 0 fully saturated rings. The zero-order chi connectivity index (χ0) is 18.6. The van der Waals surface area contributed by atoms with Gasteiger partial charge < -0.3 is 15.2 Å². The van der Waals surface area contributed by atoms with Crippen LogP contribution in [-0.4, -0.2) is 39.7 Å². The molecule has 2 rings (SSSR count). The molecule has 2 N–H and O–H groups in total. The number of aromatic nitrogens is 2. The summed E-state index contributed by atoms with van der Waals surface area (Å²) in [5.41, 5.74) is -0.867. The molecule has 1 amide bonds. The highest BCUT2D eigenvalue weighted by molar-refractivity contribution is 14.1. The molecule has 0 saturated heterocycles. The first-order valence-corrected chi connectivity index (χ1v) is 8.75. The Morgan fingerprint density at radius 1 is 1.44 bits per heavy atom. The number of nitrogens with zero attached hydrogens (tertiary/aromatic N) is 2. The molecule has 0 saturated carbocycles. The van der Waals surface area contributed by atoms with Gasteiger partial charge in [-0.25, -0.2) is 4.98 Å². The lowest BCUT2D eigenvalue weighted by Crippen LogP contribution is -2.36. The van der Waals surface area contributed by atoms with Gasteiger partial charge in [0.05, 0.1) is 12.0 Å². The second kappa shape index (κ2) is 8.28. The van der Waals surface area contributed by atoms with Crippen LogP contribution in [-0.2, 0) is 16.6 Å². The summed E-state index contributed by atoms with van der Waals surface area (Å²) in [5.74, 6) is -1.90. The number of carbonyl (C=O) groups excluding carboxylic acids is 2. The van der Waals surface area contributed by atoms with Gasteiger partial charge in [-0.2, -0.15) is 0 Å². The van der Waals surface area contributed by atoms with Crippen molar-refractivity contribution in [3.05, 3.63) is 31.8 Å². The monoisotopic (exact) mass is 459 g/mol. The summed E-state index contributed by atoms with van der Waals surface area (Å²) in [5, 5.41) is 12.9. The summed E-state index contributed by atoms with van der Waals surface area (Å²) < 4.78 is 6.85. The van der Waals surface area contributed by atoms with E-state index in [2.05, 4.69) is 10.3 Å². The van der Waals surface area contributed by atoms with Gasteiger partial charge in [-0.05, 0) is 35.1 Å². The largest absolute Gasteiger partial charge is 0.506 e. The van der Waals surface area contributed by atoms with E-state index in [9.17, 15) is 19.5 Å². The van der Waals surface area contributed by atoms with Gasteiger partial charge in [-0.1, -0.05) is 13.3 Å². The topological polar surface area (TPSA) is 111 Å². The fourth-order valence-corrected chi connectivity index (χ4v) is 2.65. The third-order valence-corrected chi connectivity index (χ3v) is 4.13. The van der Waals surface area contributed by atoms with Gasteiger partial charge >= 0.3 is 5.97 Å². The number of aryl methyl sites for hydroxylation is 1. The Kier molecular flexibility index (Phi) is 6.34. The Morgan fingerprint density at radius 2 is 2.16 bits per heavy atom. The summed E-state index contributed by atoms with van der Waals surface area (Å²) in [7, 11) is 1.46. The smallest absolute Gasteiger partial charge is 0.325 e. The molecule has 8 nitrogen and oxygen atoms in total. The second-order valence-electron chi connectivity index (χ2n) is 5.37. The summed E-state index contributed by atoms with van der Waals surface area (Å²) in [4.78, 5) is 40.3. The molecule has 0 atom stereocenters. The maximum atomic E-state index is 12.4. The third-order valence-electron chi connectivity index (χ3n) is 3.54. The first kappa shape index (κ1) is 19.2. The molecule has 2 aromatic heterocycles. The standard InChI is InChI=1S/C16H18IN3O5/c1-3-4-5-25-11(21)8-19-15(23)12-13(22)10-6-9(17)7-18-14(10)20(2)16(12)24/h6-7,22H,3-5,8H2,1-2H3,(H,19,23). The number of unbranched alkanes of at least 4 members (excludes halogenated alkanes) is 1. The van der Waals surface area contributed by atoms with Crippen LogP contribution in [0, 0.1) is 3.57 Å². The molecular weight excluding hydrogens is 441 g/mol. The minimum atomic E-state index is -0.841. The maximum absolute atomic E-state index is 12.4. The van der Waals surface area contributed by atoms with Crippen LogP contribution in [0.2, 0.25) is 0 Å². The van der Waals surface area contributed by atoms with Crippen molar-refractivity contribution in [2.75, 3.05) is 13.2 Å². The lowest BCUT2D eigenvalue weighted by atomic mass is 10.1. The van der Waals surface area contributed by atoms with E-state index in [1.54, 1.807) is 12.3 Å². The van der Waals surface area contributed by atoms with Gasteiger partial charge in [-0.3, -0.25) is 19.0 Å². The molecule has 0 aliphatic rings. The van der Waals surface area contributed by atoms with E-state index < -0.39 is 28.7 Å². The van der Waals surface area contributed by atoms with Crippen molar-refractivity contribution in [2.24, 2.45) is 7.05 Å². The summed E-state index contributed by atoms with van der Waals surface area (Å²) in [6.45, 7) is 1.86.